The third-order valence-electron chi connectivity index (χ3n) is 4.00. The molecule has 0 bridgehead atoms. The second-order valence-corrected chi connectivity index (χ2v) is 10.4. The van der Waals surface area contributed by atoms with Gasteiger partial charge >= 0.3 is 0 Å². The molecule has 6 nitrogen and oxygen atoms in total. The van der Waals surface area contributed by atoms with E-state index in [2.05, 4.69) is 26.0 Å². The lowest BCUT2D eigenvalue weighted by molar-refractivity contribution is -0.120. The molecule has 26 heavy (non-hydrogen) atoms. The van der Waals surface area contributed by atoms with Gasteiger partial charge in [0.1, 0.15) is 11.9 Å². The maximum absolute atomic E-state index is 13.3. The third-order valence-corrected chi connectivity index (χ3v) is 7.62. The quantitative estimate of drug-likeness (QED) is 0.703. The molecular weight excluding hydrogens is 469 g/mol. The van der Waals surface area contributed by atoms with Gasteiger partial charge in [0.2, 0.25) is 5.91 Å². The second kappa shape index (κ2) is 7.53. The molecule has 1 aliphatic heterocycles. The Hall–Kier alpha value is -1.04. The van der Waals surface area contributed by atoms with Gasteiger partial charge in [-0.15, -0.1) is 11.3 Å². The van der Waals surface area contributed by atoms with Crippen LogP contribution in [0.1, 0.15) is 17.3 Å². The van der Waals surface area contributed by atoms with Crippen LogP contribution in [0.15, 0.2) is 34.1 Å². The van der Waals surface area contributed by atoms with E-state index in [-0.39, 0.29) is 11.4 Å². The van der Waals surface area contributed by atoms with E-state index >= 15 is 0 Å². The number of likely N-dealkylation sites (N-methyl/N-ethyl adjacent to an activating group) is 1. The van der Waals surface area contributed by atoms with Gasteiger partial charge in [-0.25, -0.2) is 4.39 Å². The van der Waals surface area contributed by atoms with Crippen LogP contribution in [0.25, 0.3) is 0 Å². The Labute approximate surface area is 167 Å². The fourth-order valence-electron chi connectivity index (χ4n) is 2.61. The van der Waals surface area contributed by atoms with Crippen LogP contribution in [-0.4, -0.2) is 31.7 Å². The minimum absolute atomic E-state index is 0.129. The molecule has 2 atom stereocenters. The van der Waals surface area contributed by atoms with Gasteiger partial charge in [-0.3, -0.25) is 4.79 Å². The lowest BCUT2D eigenvalue weighted by Gasteiger charge is -2.35. The highest BCUT2D eigenvalue weighted by molar-refractivity contribution is 9.11. The molecular formula is C15H14BrClFN3O3S2. The van der Waals surface area contributed by atoms with E-state index in [4.69, 9.17) is 11.6 Å². The minimum atomic E-state index is -3.82. The first-order valence-electron chi connectivity index (χ1n) is 7.44. The zero-order valence-electron chi connectivity index (χ0n) is 13.4. The monoisotopic (exact) mass is 481 g/mol. The Morgan fingerprint density at radius 1 is 1.42 bits per heavy atom. The molecule has 1 saturated heterocycles. The molecule has 0 aliphatic carbocycles. The molecule has 1 aromatic carbocycles. The number of thiophene rings is 1. The number of benzene rings is 1. The number of carbonyl (C=O) groups excluding carboxylic acids is 1. The topological polar surface area (TPSA) is 78.5 Å². The Bertz CT molecular complexity index is 953. The molecule has 1 fully saturated rings. The van der Waals surface area contributed by atoms with Gasteiger partial charge in [-0.2, -0.15) is 17.4 Å². The summed E-state index contributed by atoms with van der Waals surface area (Å²) in [6.07, 6.45) is 0.253. The van der Waals surface area contributed by atoms with E-state index < -0.39 is 34.0 Å². The summed E-state index contributed by atoms with van der Waals surface area (Å²) in [6.45, 7) is 0. The van der Waals surface area contributed by atoms with E-state index in [0.29, 0.717) is 5.69 Å². The molecule has 11 heteroatoms. The summed E-state index contributed by atoms with van der Waals surface area (Å²) in [6, 6.07) is 5.97. The van der Waals surface area contributed by atoms with Crippen LogP contribution in [0.2, 0.25) is 5.02 Å². The van der Waals surface area contributed by atoms with Crippen LogP contribution in [0.5, 0.6) is 0 Å². The largest absolute Gasteiger partial charge is 0.325 e. The predicted molar refractivity (Wildman–Crippen MR) is 103 cm³/mol. The number of hydrogen-bond acceptors (Lipinski definition) is 4. The molecule has 140 valence electrons. The van der Waals surface area contributed by atoms with Crippen molar-refractivity contribution in [3.05, 3.63) is 49.8 Å². The fourth-order valence-corrected chi connectivity index (χ4v) is 5.62. The van der Waals surface area contributed by atoms with Gasteiger partial charge in [-0.05, 0) is 52.7 Å². The van der Waals surface area contributed by atoms with Crippen molar-refractivity contribution in [3.63, 3.8) is 0 Å². The number of carbonyl (C=O) groups is 1. The molecule has 3 rings (SSSR count). The lowest BCUT2D eigenvalue weighted by Crippen LogP contribution is -2.55. The number of rotatable bonds is 3. The molecule has 0 unspecified atom stereocenters. The van der Waals surface area contributed by atoms with E-state index in [0.717, 1.165) is 19.0 Å². The average Bonchev–Trinajstić information content (AvgIpc) is 2.99. The van der Waals surface area contributed by atoms with Crippen molar-refractivity contribution in [2.45, 2.75) is 18.5 Å². The van der Waals surface area contributed by atoms with Crippen molar-refractivity contribution in [2.75, 3.05) is 12.4 Å². The first kappa shape index (κ1) is 19.7. The SMILES string of the molecule is CN1[C@H](C(=O)Nc2ccc(F)c(Cl)c2)C[C@@H](c2ccc(Br)s2)NS1(=O)=O. The predicted octanol–water partition coefficient (Wildman–Crippen LogP) is 3.52. The van der Waals surface area contributed by atoms with Gasteiger partial charge in [0.15, 0.2) is 0 Å². The second-order valence-electron chi connectivity index (χ2n) is 5.70. The van der Waals surface area contributed by atoms with E-state index in [1.165, 1.54) is 30.5 Å². The van der Waals surface area contributed by atoms with Crippen molar-refractivity contribution in [1.29, 1.82) is 0 Å². The fraction of sp³-hybridized carbons (Fsp3) is 0.267. The number of halogens is 3. The number of nitrogens with one attached hydrogen (secondary N) is 2. The highest BCUT2D eigenvalue weighted by Crippen LogP contribution is 2.34. The standard InChI is InChI=1S/C15H14BrClFN3O3S2/c1-21-12(15(22)19-8-2-3-10(18)9(17)6-8)7-11(20-26(21,23)24)13-4-5-14(16)25-13/h2-6,11-12,20H,7H2,1H3,(H,19,22)/t11-,12-/m0/s1. The summed E-state index contributed by atoms with van der Waals surface area (Å²) < 4.78 is 42.5. The van der Waals surface area contributed by atoms with Gasteiger partial charge in [0, 0.05) is 17.6 Å². The number of anilines is 1. The van der Waals surface area contributed by atoms with Gasteiger partial charge in [0.25, 0.3) is 10.2 Å². The number of nitrogens with zero attached hydrogens (tertiary/aromatic N) is 1. The number of hydrogen-bond donors (Lipinski definition) is 2. The Kier molecular flexibility index (Phi) is 5.71. The van der Waals surface area contributed by atoms with Crippen LogP contribution in [0, 0.1) is 5.82 Å². The number of amides is 1. The third kappa shape index (κ3) is 4.10. The molecule has 0 spiro atoms. The molecule has 0 saturated carbocycles. The van der Waals surface area contributed by atoms with Gasteiger partial charge < -0.3 is 5.32 Å². The smallest absolute Gasteiger partial charge is 0.280 e. The molecule has 2 aromatic rings. The van der Waals surface area contributed by atoms with Crippen LogP contribution >= 0.6 is 38.9 Å². The van der Waals surface area contributed by atoms with Crippen molar-refractivity contribution in [3.8, 4) is 0 Å². The molecule has 2 N–H and O–H groups in total. The summed E-state index contributed by atoms with van der Waals surface area (Å²) in [5, 5.41) is 2.47. The minimum Gasteiger partial charge on any atom is -0.325 e. The normalized spacial score (nSPS) is 22.9. The molecule has 1 aliphatic rings. The summed E-state index contributed by atoms with van der Waals surface area (Å²) >= 11 is 10.5. The Morgan fingerprint density at radius 3 is 2.77 bits per heavy atom. The highest BCUT2D eigenvalue weighted by atomic mass is 79.9. The molecule has 1 amide bonds. The van der Waals surface area contributed by atoms with E-state index in [1.54, 1.807) is 0 Å². The first-order chi connectivity index (χ1) is 12.2. The zero-order chi connectivity index (χ0) is 19.1. The zero-order valence-corrected chi connectivity index (χ0v) is 17.3. The van der Waals surface area contributed by atoms with E-state index in [9.17, 15) is 17.6 Å². The van der Waals surface area contributed by atoms with Crippen molar-refractivity contribution in [2.24, 2.45) is 0 Å². The maximum Gasteiger partial charge on any atom is 0.280 e. The molecule has 1 aromatic heterocycles. The lowest BCUT2D eigenvalue weighted by atomic mass is 10.1. The summed E-state index contributed by atoms with van der Waals surface area (Å²) in [7, 11) is -2.48. The Morgan fingerprint density at radius 2 is 2.15 bits per heavy atom. The van der Waals surface area contributed by atoms with Crippen LogP contribution < -0.4 is 10.0 Å². The van der Waals surface area contributed by atoms with Gasteiger partial charge in [0.05, 0.1) is 14.9 Å². The van der Waals surface area contributed by atoms with Crippen LogP contribution in [0.3, 0.4) is 0 Å². The summed E-state index contributed by atoms with van der Waals surface area (Å²) in [5.74, 6) is -1.12. The van der Waals surface area contributed by atoms with Crippen molar-refractivity contribution >= 4 is 60.7 Å². The highest BCUT2D eigenvalue weighted by Gasteiger charge is 2.41. The van der Waals surface area contributed by atoms with Crippen molar-refractivity contribution in [1.82, 2.24) is 9.03 Å². The maximum atomic E-state index is 13.3. The summed E-state index contributed by atoms with van der Waals surface area (Å²) in [4.78, 5) is 13.5. The van der Waals surface area contributed by atoms with Crippen molar-refractivity contribution < 1.29 is 17.6 Å². The molecule has 2 heterocycles. The van der Waals surface area contributed by atoms with Crippen LogP contribution in [-0.2, 0) is 15.0 Å². The van der Waals surface area contributed by atoms with Gasteiger partial charge in [-0.1, -0.05) is 11.6 Å². The molecule has 0 radical (unpaired) electrons. The average molecular weight is 483 g/mol. The summed E-state index contributed by atoms with van der Waals surface area (Å²) in [5.41, 5.74) is 0.293. The van der Waals surface area contributed by atoms with E-state index in [1.807, 2.05) is 12.1 Å². The first-order valence-corrected chi connectivity index (χ1v) is 10.9. The van der Waals surface area contributed by atoms with Crippen LogP contribution in [0.4, 0.5) is 10.1 Å². The Balaban J connectivity index is 1.83.